The molecule has 0 radical (unpaired) electrons. The molecule has 1 aliphatic rings. The van der Waals surface area contributed by atoms with Crippen molar-refractivity contribution in [1.82, 2.24) is 14.8 Å². The summed E-state index contributed by atoms with van der Waals surface area (Å²) < 4.78 is 0. The van der Waals surface area contributed by atoms with Crippen LogP contribution in [-0.4, -0.2) is 53.4 Å². The molecule has 2 heterocycles. The van der Waals surface area contributed by atoms with Gasteiger partial charge in [-0.05, 0) is 30.2 Å². The number of benzene rings is 2. The number of aromatic amines is 1. The number of hydrogen-bond donors (Lipinski definition) is 1. The Kier molecular flexibility index (Phi) is 5.29. The first-order valence-electron chi connectivity index (χ1n) is 9.70. The van der Waals surface area contributed by atoms with Crippen LogP contribution in [0, 0.1) is 22.7 Å². The maximum Gasteiger partial charge on any atom is 0.256 e. The lowest BCUT2D eigenvalue weighted by atomic mass is 10.1. The van der Waals surface area contributed by atoms with Crippen LogP contribution in [0.4, 0.5) is 0 Å². The first-order valence-corrected chi connectivity index (χ1v) is 9.70. The number of piperazine rings is 1. The van der Waals surface area contributed by atoms with Crippen molar-refractivity contribution >= 4 is 16.8 Å². The van der Waals surface area contributed by atoms with Crippen molar-refractivity contribution in [1.29, 1.82) is 10.5 Å². The van der Waals surface area contributed by atoms with Gasteiger partial charge in [0.1, 0.15) is 6.07 Å². The molecule has 0 saturated carbocycles. The number of aromatic nitrogens is 1. The molecule has 0 bridgehead atoms. The predicted molar refractivity (Wildman–Crippen MR) is 110 cm³/mol. The fourth-order valence-corrected chi connectivity index (χ4v) is 3.80. The molecule has 0 spiro atoms. The van der Waals surface area contributed by atoms with Gasteiger partial charge in [-0.25, -0.2) is 0 Å². The number of para-hydroxylation sites is 1. The van der Waals surface area contributed by atoms with Gasteiger partial charge in [-0.1, -0.05) is 24.3 Å². The van der Waals surface area contributed by atoms with E-state index >= 15 is 0 Å². The molecule has 6 nitrogen and oxygen atoms in total. The molecular formula is C23H21N5O. The molecule has 0 unspecified atom stereocenters. The zero-order chi connectivity index (χ0) is 20.2. The number of H-pyrrole nitrogens is 1. The van der Waals surface area contributed by atoms with Gasteiger partial charge < -0.3 is 9.88 Å². The number of amides is 1. The zero-order valence-electron chi connectivity index (χ0n) is 16.1. The fraction of sp³-hybridized carbons (Fsp3) is 0.261. The summed E-state index contributed by atoms with van der Waals surface area (Å²) >= 11 is 0. The number of carbonyl (C=O) groups is 1. The average molecular weight is 383 g/mol. The quantitative estimate of drug-likeness (QED) is 0.750. The fourth-order valence-electron chi connectivity index (χ4n) is 3.80. The second-order valence-electron chi connectivity index (χ2n) is 7.23. The van der Waals surface area contributed by atoms with E-state index in [1.165, 1.54) is 5.56 Å². The molecule has 2 aromatic carbocycles. The summed E-state index contributed by atoms with van der Waals surface area (Å²) in [7, 11) is 0. The molecule has 4 rings (SSSR count). The summed E-state index contributed by atoms with van der Waals surface area (Å²) in [6.07, 6.45) is 2.58. The SMILES string of the molecule is N#Cc1ccc(CCN2CCN(C(=O)c3cccc4c(C#N)c[nH]c34)CC2)cc1. The average Bonchev–Trinajstić information content (AvgIpc) is 3.21. The van der Waals surface area contributed by atoms with E-state index < -0.39 is 0 Å². The minimum atomic E-state index is 0.00804. The third-order valence-corrected chi connectivity index (χ3v) is 5.53. The highest BCUT2D eigenvalue weighted by molar-refractivity contribution is 6.06. The lowest BCUT2D eigenvalue weighted by molar-refractivity contribution is 0.0640. The lowest BCUT2D eigenvalue weighted by Crippen LogP contribution is -2.49. The van der Waals surface area contributed by atoms with Crippen LogP contribution in [0.1, 0.15) is 27.0 Å². The Balaban J connectivity index is 1.36. The number of nitrogens with zero attached hydrogens (tertiary/aromatic N) is 4. The van der Waals surface area contributed by atoms with E-state index in [0.29, 0.717) is 29.8 Å². The van der Waals surface area contributed by atoms with Crippen molar-refractivity contribution < 1.29 is 4.79 Å². The standard InChI is InChI=1S/C23H21N5O/c24-14-18-6-4-17(5-7-18)8-9-27-10-12-28(13-11-27)23(29)21-3-1-2-20-19(15-25)16-26-22(20)21/h1-7,16,26H,8-13H2. The Morgan fingerprint density at radius 2 is 1.76 bits per heavy atom. The van der Waals surface area contributed by atoms with E-state index in [1.807, 2.05) is 47.4 Å². The molecule has 1 saturated heterocycles. The van der Waals surface area contributed by atoms with E-state index in [4.69, 9.17) is 5.26 Å². The number of nitriles is 2. The van der Waals surface area contributed by atoms with Crippen LogP contribution in [0.25, 0.3) is 10.9 Å². The van der Waals surface area contributed by atoms with Crippen molar-refractivity contribution in [3.63, 3.8) is 0 Å². The highest BCUT2D eigenvalue weighted by Gasteiger charge is 2.24. The third kappa shape index (κ3) is 3.85. The molecule has 1 aliphatic heterocycles. The predicted octanol–water partition coefficient (Wildman–Crippen LogP) is 2.91. The van der Waals surface area contributed by atoms with Gasteiger partial charge in [0.05, 0.1) is 28.3 Å². The topological polar surface area (TPSA) is 86.9 Å². The first kappa shape index (κ1) is 18.7. The van der Waals surface area contributed by atoms with Gasteiger partial charge in [0.15, 0.2) is 0 Å². The van der Waals surface area contributed by atoms with E-state index in [0.717, 1.165) is 37.0 Å². The van der Waals surface area contributed by atoms with Crippen molar-refractivity contribution in [2.24, 2.45) is 0 Å². The molecule has 0 atom stereocenters. The van der Waals surface area contributed by atoms with Crippen molar-refractivity contribution in [2.75, 3.05) is 32.7 Å². The van der Waals surface area contributed by atoms with Crippen molar-refractivity contribution in [3.8, 4) is 12.1 Å². The second-order valence-corrected chi connectivity index (χ2v) is 7.23. The van der Waals surface area contributed by atoms with Crippen LogP contribution in [0.2, 0.25) is 0 Å². The number of carbonyl (C=O) groups excluding carboxylic acids is 1. The molecular weight excluding hydrogens is 362 g/mol. The summed E-state index contributed by atoms with van der Waals surface area (Å²) in [6.45, 7) is 3.99. The lowest BCUT2D eigenvalue weighted by Gasteiger charge is -2.34. The molecule has 1 fully saturated rings. The number of hydrogen-bond acceptors (Lipinski definition) is 4. The highest BCUT2D eigenvalue weighted by atomic mass is 16.2. The van der Waals surface area contributed by atoms with Crippen LogP contribution >= 0.6 is 0 Å². The molecule has 29 heavy (non-hydrogen) atoms. The third-order valence-electron chi connectivity index (χ3n) is 5.53. The van der Waals surface area contributed by atoms with Gasteiger partial charge in [0.25, 0.3) is 5.91 Å². The summed E-state index contributed by atoms with van der Waals surface area (Å²) in [5.41, 5.74) is 3.81. The highest BCUT2D eigenvalue weighted by Crippen LogP contribution is 2.23. The van der Waals surface area contributed by atoms with Crippen LogP contribution in [-0.2, 0) is 6.42 Å². The second kappa shape index (κ2) is 8.18. The molecule has 0 aliphatic carbocycles. The summed E-state index contributed by atoms with van der Waals surface area (Å²) in [6, 6.07) is 17.5. The van der Waals surface area contributed by atoms with Gasteiger partial charge in [0, 0.05) is 44.3 Å². The maximum atomic E-state index is 13.0. The Labute approximate surface area is 169 Å². The van der Waals surface area contributed by atoms with Gasteiger partial charge in [-0.3, -0.25) is 9.69 Å². The Hall–Kier alpha value is -3.61. The van der Waals surface area contributed by atoms with Crippen molar-refractivity contribution in [3.05, 3.63) is 70.9 Å². The molecule has 144 valence electrons. The van der Waals surface area contributed by atoms with Crippen LogP contribution in [0.15, 0.2) is 48.7 Å². The van der Waals surface area contributed by atoms with Crippen LogP contribution < -0.4 is 0 Å². The monoisotopic (exact) mass is 383 g/mol. The Morgan fingerprint density at radius 3 is 2.45 bits per heavy atom. The Morgan fingerprint density at radius 1 is 1.00 bits per heavy atom. The van der Waals surface area contributed by atoms with E-state index in [2.05, 4.69) is 22.0 Å². The van der Waals surface area contributed by atoms with Crippen LogP contribution in [0.3, 0.4) is 0 Å². The van der Waals surface area contributed by atoms with Gasteiger partial charge in [0.2, 0.25) is 0 Å². The van der Waals surface area contributed by atoms with Gasteiger partial charge >= 0.3 is 0 Å². The van der Waals surface area contributed by atoms with E-state index in [-0.39, 0.29) is 5.91 Å². The van der Waals surface area contributed by atoms with Crippen LogP contribution in [0.5, 0.6) is 0 Å². The molecule has 1 aromatic heterocycles. The first-order chi connectivity index (χ1) is 14.2. The smallest absolute Gasteiger partial charge is 0.256 e. The zero-order valence-corrected chi connectivity index (χ0v) is 16.1. The Bertz CT molecular complexity index is 1110. The number of nitrogens with one attached hydrogen (secondary N) is 1. The molecule has 6 heteroatoms. The summed E-state index contributed by atoms with van der Waals surface area (Å²) in [4.78, 5) is 20.4. The van der Waals surface area contributed by atoms with Crippen molar-refractivity contribution in [2.45, 2.75) is 6.42 Å². The number of rotatable bonds is 4. The normalized spacial score (nSPS) is 14.5. The minimum absolute atomic E-state index is 0.00804. The minimum Gasteiger partial charge on any atom is -0.359 e. The molecule has 1 amide bonds. The van der Waals surface area contributed by atoms with E-state index in [9.17, 15) is 10.1 Å². The largest absolute Gasteiger partial charge is 0.359 e. The maximum absolute atomic E-state index is 13.0. The summed E-state index contributed by atoms with van der Waals surface area (Å²) in [5, 5.41) is 18.9. The van der Waals surface area contributed by atoms with Gasteiger partial charge in [-0.2, -0.15) is 10.5 Å². The summed E-state index contributed by atoms with van der Waals surface area (Å²) in [5.74, 6) is 0.00804. The van der Waals surface area contributed by atoms with Gasteiger partial charge in [-0.15, -0.1) is 0 Å². The molecule has 3 aromatic rings. The molecule has 1 N–H and O–H groups in total. The number of fused-ring (bicyclic) bond motifs is 1. The van der Waals surface area contributed by atoms with E-state index in [1.54, 1.807) is 6.20 Å².